The fraction of sp³-hybridized carbons (Fsp3) is 0.909. The molecule has 0 heterocycles. The van der Waals surface area contributed by atoms with Crippen molar-refractivity contribution in [3.8, 4) is 0 Å². The van der Waals surface area contributed by atoms with Crippen LogP contribution in [0.2, 0.25) is 0 Å². The topological polar surface area (TPSA) is 60.8 Å². The summed E-state index contributed by atoms with van der Waals surface area (Å²) in [6.07, 6.45) is 1.49. The third-order valence-corrected chi connectivity index (χ3v) is 2.52. The molecule has 0 saturated heterocycles. The Morgan fingerprint density at radius 2 is 2.00 bits per heavy atom. The fourth-order valence-corrected chi connectivity index (χ4v) is 1.82. The van der Waals surface area contributed by atoms with Crippen molar-refractivity contribution in [3.05, 3.63) is 0 Å². The maximum Gasteiger partial charge on any atom is 0.306 e. The van der Waals surface area contributed by atoms with Crippen molar-refractivity contribution in [3.63, 3.8) is 0 Å². The highest BCUT2D eigenvalue weighted by molar-refractivity contribution is 5.67. The number of hydrogen-bond donors (Lipinski definition) is 2. The van der Waals surface area contributed by atoms with Gasteiger partial charge in [-0.3, -0.25) is 9.69 Å². The minimum Gasteiger partial charge on any atom is -0.481 e. The van der Waals surface area contributed by atoms with Crippen LogP contribution in [0, 0.1) is 5.92 Å². The predicted octanol–water partition coefficient (Wildman–Crippen LogP) is 0.942. The van der Waals surface area contributed by atoms with Crippen molar-refractivity contribution in [1.29, 1.82) is 0 Å². The van der Waals surface area contributed by atoms with Gasteiger partial charge in [0.1, 0.15) is 0 Å². The number of carboxylic acid groups (broad SMARTS) is 1. The van der Waals surface area contributed by atoms with Gasteiger partial charge in [-0.25, -0.2) is 0 Å². The van der Waals surface area contributed by atoms with Crippen LogP contribution in [-0.4, -0.2) is 46.3 Å². The Kier molecular flexibility index (Phi) is 4.54. The molecule has 15 heavy (non-hydrogen) atoms. The molecule has 88 valence electrons. The van der Waals surface area contributed by atoms with Crippen molar-refractivity contribution in [2.45, 2.75) is 45.3 Å². The van der Waals surface area contributed by atoms with Crippen LogP contribution in [0.3, 0.4) is 0 Å². The zero-order valence-electron chi connectivity index (χ0n) is 9.52. The van der Waals surface area contributed by atoms with Crippen LogP contribution in [0.15, 0.2) is 0 Å². The molecule has 0 spiro atoms. The van der Waals surface area contributed by atoms with Crippen LogP contribution in [0.4, 0.5) is 0 Å². The largest absolute Gasteiger partial charge is 0.481 e. The molecule has 1 unspecified atom stereocenters. The van der Waals surface area contributed by atoms with E-state index in [9.17, 15) is 9.90 Å². The number of carboxylic acids is 1. The van der Waals surface area contributed by atoms with E-state index in [1.54, 1.807) is 0 Å². The van der Waals surface area contributed by atoms with E-state index in [2.05, 4.69) is 18.7 Å². The number of carbonyl (C=O) groups is 1. The molecule has 0 aromatic heterocycles. The van der Waals surface area contributed by atoms with E-state index in [0.717, 1.165) is 6.54 Å². The monoisotopic (exact) mass is 215 g/mol. The molecular formula is C11H21NO3. The molecule has 4 nitrogen and oxygen atoms in total. The number of aliphatic carboxylic acids is 1. The first kappa shape index (κ1) is 12.5. The van der Waals surface area contributed by atoms with Gasteiger partial charge in [-0.15, -0.1) is 0 Å². The first-order valence-electron chi connectivity index (χ1n) is 5.63. The Bertz CT molecular complexity index is 214. The molecule has 1 saturated carbocycles. The molecule has 0 amide bonds. The van der Waals surface area contributed by atoms with Crippen molar-refractivity contribution < 1.29 is 15.0 Å². The molecule has 1 atom stereocenters. The standard InChI is InChI=1S/C11H21NO3/c1-8(2)6-12(9-3-4-9)7-10(13)5-11(14)15/h8-10,13H,3-7H2,1-2H3,(H,14,15). The van der Waals surface area contributed by atoms with Crippen LogP contribution in [0.1, 0.15) is 33.1 Å². The molecule has 0 aromatic carbocycles. The lowest BCUT2D eigenvalue weighted by Gasteiger charge is -2.26. The molecule has 2 N–H and O–H groups in total. The molecule has 1 aliphatic rings. The van der Waals surface area contributed by atoms with Crippen molar-refractivity contribution in [2.24, 2.45) is 5.92 Å². The lowest BCUT2D eigenvalue weighted by molar-refractivity contribution is -0.139. The smallest absolute Gasteiger partial charge is 0.306 e. The fourth-order valence-electron chi connectivity index (χ4n) is 1.82. The van der Waals surface area contributed by atoms with Gasteiger partial charge in [-0.05, 0) is 18.8 Å². The van der Waals surface area contributed by atoms with E-state index in [0.29, 0.717) is 18.5 Å². The summed E-state index contributed by atoms with van der Waals surface area (Å²) in [7, 11) is 0. The Morgan fingerprint density at radius 1 is 1.40 bits per heavy atom. The van der Waals surface area contributed by atoms with Gasteiger partial charge in [-0.2, -0.15) is 0 Å². The maximum absolute atomic E-state index is 10.4. The molecule has 1 fully saturated rings. The van der Waals surface area contributed by atoms with Gasteiger partial charge in [0.05, 0.1) is 12.5 Å². The summed E-state index contributed by atoms with van der Waals surface area (Å²) in [6.45, 7) is 5.72. The quantitative estimate of drug-likeness (QED) is 0.663. The van der Waals surface area contributed by atoms with Crippen LogP contribution in [0.25, 0.3) is 0 Å². The highest BCUT2D eigenvalue weighted by Crippen LogP contribution is 2.27. The summed E-state index contributed by atoms with van der Waals surface area (Å²) < 4.78 is 0. The molecule has 0 aliphatic heterocycles. The van der Waals surface area contributed by atoms with Gasteiger partial charge < -0.3 is 10.2 Å². The number of aliphatic hydroxyl groups excluding tert-OH is 1. The highest BCUT2D eigenvalue weighted by atomic mass is 16.4. The molecule has 1 aliphatic carbocycles. The van der Waals surface area contributed by atoms with Gasteiger partial charge in [0, 0.05) is 19.1 Å². The summed E-state index contributed by atoms with van der Waals surface area (Å²) >= 11 is 0. The van der Waals surface area contributed by atoms with Gasteiger partial charge in [-0.1, -0.05) is 13.8 Å². The molecule has 4 heteroatoms. The number of hydrogen-bond acceptors (Lipinski definition) is 3. The first-order valence-corrected chi connectivity index (χ1v) is 5.63. The summed E-state index contributed by atoms with van der Waals surface area (Å²) in [5, 5.41) is 18.1. The van der Waals surface area contributed by atoms with Crippen molar-refractivity contribution in [2.75, 3.05) is 13.1 Å². The van der Waals surface area contributed by atoms with Crippen LogP contribution >= 0.6 is 0 Å². The minimum atomic E-state index is -0.928. The Balaban J connectivity index is 2.33. The summed E-state index contributed by atoms with van der Waals surface area (Å²) in [5.41, 5.74) is 0. The molecule has 0 radical (unpaired) electrons. The van der Waals surface area contributed by atoms with E-state index < -0.39 is 12.1 Å². The first-order chi connectivity index (χ1) is 6.99. The summed E-state index contributed by atoms with van der Waals surface area (Å²) in [5.74, 6) is -0.370. The molecule has 0 bridgehead atoms. The number of aliphatic hydroxyl groups is 1. The van der Waals surface area contributed by atoms with Crippen LogP contribution < -0.4 is 0 Å². The minimum absolute atomic E-state index is 0.151. The van der Waals surface area contributed by atoms with Crippen LogP contribution in [-0.2, 0) is 4.79 Å². The Morgan fingerprint density at radius 3 is 2.40 bits per heavy atom. The number of nitrogens with zero attached hydrogens (tertiary/aromatic N) is 1. The zero-order chi connectivity index (χ0) is 11.4. The Hall–Kier alpha value is -0.610. The molecule has 1 rings (SSSR count). The van der Waals surface area contributed by atoms with Gasteiger partial charge in [0.2, 0.25) is 0 Å². The molecule has 0 aromatic rings. The highest BCUT2D eigenvalue weighted by Gasteiger charge is 2.30. The predicted molar refractivity (Wildman–Crippen MR) is 57.7 cm³/mol. The van der Waals surface area contributed by atoms with E-state index >= 15 is 0 Å². The third-order valence-electron chi connectivity index (χ3n) is 2.52. The van der Waals surface area contributed by atoms with E-state index in [1.807, 2.05) is 0 Å². The number of rotatable bonds is 7. The summed E-state index contributed by atoms with van der Waals surface area (Å²) in [4.78, 5) is 12.6. The second-order valence-electron chi connectivity index (χ2n) is 4.83. The maximum atomic E-state index is 10.4. The van der Waals surface area contributed by atoms with Gasteiger partial charge >= 0.3 is 5.97 Å². The van der Waals surface area contributed by atoms with Crippen molar-refractivity contribution >= 4 is 5.97 Å². The van der Waals surface area contributed by atoms with E-state index in [1.165, 1.54) is 12.8 Å². The van der Waals surface area contributed by atoms with Gasteiger partial charge in [0.25, 0.3) is 0 Å². The second kappa shape index (κ2) is 5.47. The van der Waals surface area contributed by atoms with E-state index in [4.69, 9.17) is 5.11 Å². The lowest BCUT2D eigenvalue weighted by atomic mass is 10.1. The Labute approximate surface area is 90.9 Å². The van der Waals surface area contributed by atoms with E-state index in [-0.39, 0.29) is 6.42 Å². The molecular weight excluding hydrogens is 194 g/mol. The lowest BCUT2D eigenvalue weighted by Crippen LogP contribution is -2.37. The normalized spacial score (nSPS) is 18.5. The van der Waals surface area contributed by atoms with Gasteiger partial charge in [0.15, 0.2) is 0 Å². The SMILES string of the molecule is CC(C)CN(CC(O)CC(=O)O)C1CC1. The third kappa shape index (κ3) is 5.14. The zero-order valence-corrected chi connectivity index (χ0v) is 9.52. The average molecular weight is 215 g/mol. The second-order valence-corrected chi connectivity index (χ2v) is 4.83. The van der Waals surface area contributed by atoms with Crippen LogP contribution in [0.5, 0.6) is 0 Å². The summed E-state index contributed by atoms with van der Waals surface area (Å²) in [6, 6.07) is 0.579. The average Bonchev–Trinajstić information content (AvgIpc) is 2.81. The van der Waals surface area contributed by atoms with Crippen molar-refractivity contribution in [1.82, 2.24) is 4.90 Å².